The second-order valence-electron chi connectivity index (χ2n) is 3.11. The molecule has 0 aliphatic rings. The minimum atomic E-state index is -1.17. The van der Waals surface area contributed by atoms with E-state index in [-0.39, 0.29) is 0 Å². The van der Waals surface area contributed by atoms with Crippen LogP contribution in [-0.2, 0) is 4.79 Å². The third-order valence-electron chi connectivity index (χ3n) is 1.89. The third kappa shape index (κ3) is 3.92. The fraction of sp³-hybridized carbons (Fsp3) is 0.167. The molecule has 0 bridgehead atoms. The number of carboxylic acids is 1. The van der Waals surface area contributed by atoms with Gasteiger partial charge in [-0.05, 0) is 31.2 Å². The van der Waals surface area contributed by atoms with Crippen LogP contribution in [0, 0.1) is 0 Å². The van der Waals surface area contributed by atoms with Crippen LogP contribution in [0.5, 0.6) is 5.75 Å². The number of hydrogen-bond acceptors (Lipinski definition) is 3. The Hall–Kier alpha value is -1.81. The van der Waals surface area contributed by atoms with Crippen molar-refractivity contribution in [2.24, 2.45) is 0 Å². The summed E-state index contributed by atoms with van der Waals surface area (Å²) in [5.41, 5.74) is 0.316. The van der Waals surface area contributed by atoms with Crippen molar-refractivity contribution in [2.45, 2.75) is 6.92 Å². The highest BCUT2D eigenvalue weighted by Gasteiger charge is 2.07. The Balaban J connectivity index is 2.89. The van der Waals surface area contributed by atoms with Crippen LogP contribution in [-0.4, -0.2) is 23.5 Å². The molecule has 0 atom stereocenters. The normalized spacial score (nSPS) is 10.5. The summed E-state index contributed by atoms with van der Waals surface area (Å²) in [5.74, 6) is -1.10. The van der Waals surface area contributed by atoms with Gasteiger partial charge in [-0.25, -0.2) is 4.79 Å². The van der Waals surface area contributed by atoms with Crippen molar-refractivity contribution in [2.75, 3.05) is 6.61 Å². The zero-order valence-electron chi connectivity index (χ0n) is 9.14. The number of carbonyl (C=O) groups excluding carboxylic acids is 1. The predicted octanol–water partition coefficient (Wildman–Crippen LogP) is 2.56. The van der Waals surface area contributed by atoms with Gasteiger partial charge in [-0.3, -0.25) is 4.79 Å². The molecule has 1 aromatic rings. The molecule has 0 saturated heterocycles. The van der Waals surface area contributed by atoms with Crippen molar-refractivity contribution >= 4 is 23.4 Å². The maximum Gasteiger partial charge on any atom is 0.328 e. The minimum Gasteiger partial charge on any atom is -0.492 e. The molecule has 1 N–H and O–H groups in total. The van der Waals surface area contributed by atoms with Crippen molar-refractivity contribution in [3.8, 4) is 5.75 Å². The van der Waals surface area contributed by atoms with Gasteiger partial charge in [0.1, 0.15) is 5.75 Å². The molecule has 5 heteroatoms. The van der Waals surface area contributed by atoms with Crippen molar-refractivity contribution in [3.63, 3.8) is 0 Å². The van der Waals surface area contributed by atoms with Crippen LogP contribution in [0.1, 0.15) is 17.3 Å². The average Bonchev–Trinajstić information content (AvgIpc) is 2.28. The first kappa shape index (κ1) is 13.3. The molecule has 0 aromatic heterocycles. The van der Waals surface area contributed by atoms with E-state index in [1.165, 1.54) is 12.1 Å². The standard InChI is InChI=1S/C12H11ClO4/c1-2-17-11-5-3-8(7-9(11)13)10(14)4-6-12(15)16/h3-7H,2H2,1H3,(H,15,16)/b6-4+. The van der Waals surface area contributed by atoms with E-state index in [1.807, 2.05) is 6.92 Å². The van der Waals surface area contributed by atoms with Gasteiger partial charge in [0.2, 0.25) is 0 Å². The first-order valence-corrected chi connectivity index (χ1v) is 5.30. The molecule has 1 rings (SSSR count). The zero-order valence-corrected chi connectivity index (χ0v) is 9.90. The first-order valence-electron chi connectivity index (χ1n) is 4.92. The maximum absolute atomic E-state index is 11.5. The lowest BCUT2D eigenvalue weighted by molar-refractivity contribution is -0.131. The lowest BCUT2D eigenvalue weighted by Gasteiger charge is -2.05. The van der Waals surface area contributed by atoms with Gasteiger partial charge in [-0.1, -0.05) is 11.6 Å². The molecule has 0 unspecified atom stereocenters. The average molecular weight is 255 g/mol. The zero-order chi connectivity index (χ0) is 12.8. The summed E-state index contributed by atoms with van der Waals surface area (Å²) in [6.45, 7) is 2.30. The van der Waals surface area contributed by atoms with Crippen molar-refractivity contribution in [1.29, 1.82) is 0 Å². The van der Waals surface area contributed by atoms with Gasteiger partial charge in [0, 0.05) is 11.6 Å². The smallest absolute Gasteiger partial charge is 0.328 e. The van der Waals surface area contributed by atoms with Gasteiger partial charge in [-0.15, -0.1) is 0 Å². The van der Waals surface area contributed by atoms with E-state index in [0.29, 0.717) is 22.9 Å². The van der Waals surface area contributed by atoms with Crippen molar-refractivity contribution in [3.05, 3.63) is 40.9 Å². The van der Waals surface area contributed by atoms with E-state index in [9.17, 15) is 9.59 Å². The maximum atomic E-state index is 11.5. The summed E-state index contributed by atoms with van der Waals surface area (Å²) >= 11 is 5.90. The van der Waals surface area contributed by atoms with Crippen LogP contribution >= 0.6 is 11.6 Å². The van der Waals surface area contributed by atoms with E-state index in [0.717, 1.165) is 12.2 Å². The van der Waals surface area contributed by atoms with Crippen LogP contribution in [0.15, 0.2) is 30.4 Å². The lowest BCUT2D eigenvalue weighted by Crippen LogP contribution is -1.98. The summed E-state index contributed by atoms with van der Waals surface area (Å²) in [6, 6.07) is 4.56. The van der Waals surface area contributed by atoms with E-state index < -0.39 is 11.8 Å². The van der Waals surface area contributed by atoms with Crippen molar-refractivity contribution in [1.82, 2.24) is 0 Å². The summed E-state index contributed by atoms with van der Waals surface area (Å²) < 4.78 is 5.21. The summed E-state index contributed by atoms with van der Waals surface area (Å²) in [4.78, 5) is 21.8. The van der Waals surface area contributed by atoms with Crippen LogP contribution < -0.4 is 4.74 Å². The molecule has 0 amide bonds. The second kappa shape index (κ2) is 6.06. The number of ether oxygens (including phenoxy) is 1. The molecule has 0 spiro atoms. The Kier molecular flexibility index (Phi) is 4.72. The molecular weight excluding hydrogens is 244 g/mol. The SMILES string of the molecule is CCOc1ccc(C(=O)/C=C/C(=O)O)cc1Cl. The number of aliphatic carboxylic acids is 1. The van der Waals surface area contributed by atoms with E-state index >= 15 is 0 Å². The molecule has 0 aliphatic heterocycles. The van der Waals surface area contributed by atoms with Crippen molar-refractivity contribution < 1.29 is 19.4 Å². The molecule has 0 fully saturated rings. The van der Waals surface area contributed by atoms with E-state index in [4.69, 9.17) is 21.4 Å². The highest BCUT2D eigenvalue weighted by atomic mass is 35.5. The van der Waals surface area contributed by atoms with Crippen LogP contribution in [0.2, 0.25) is 5.02 Å². The van der Waals surface area contributed by atoms with Crippen LogP contribution in [0.4, 0.5) is 0 Å². The molecule has 0 heterocycles. The topological polar surface area (TPSA) is 63.6 Å². The highest BCUT2D eigenvalue weighted by Crippen LogP contribution is 2.25. The number of rotatable bonds is 5. The molecular formula is C12H11ClO4. The largest absolute Gasteiger partial charge is 0.492 e. The van der Waals surface area contributed by atoms with Gasteiger partial charge in [0.05, 0.1) is 11.6 Å². The minimum absolute atomic E-state index is 0.316. The number of carbonyl (C=O) groups is 2. The Labute approximate surface area is 103 Å². The van der Waals surface area contributed by atoms with Gasteiger partial charge in [0.25, 0.3) is 0 Å². The quantitative estimate of drug-likeness (QED) is 0.648. The third-order valence-corrected chi connectivity index (χ3v) is 2.19. The second-order valence-corrected chi connectivity index (χ2v) is 3.52. The number of benzene rings is 1. The van der Waals surface area contributed by atoms with Gasteiger partial charge < -0.3 is 9.84 Å². The van der Waals surface area contributed by atoms with Crippen LogP contribution in [0.25, 0.3) is 0 Å². The molecule has 1 aromatic carbocycles. The number of halogens is 1. The molecule has 17 heavy (non-hydrogen) atoms. The Morgan fingerprint density at radius 3 is 2.65 bits per heavy atom. The molecule has 4 nitrogen and oxygen atoms in total. The monoisotopic (exact) mass is 254 g/mol. The Morgan fingerprint density at radius 2 is 2.12 bits per heavy atom. The fourth-order valence-electron chi connectivity index (χ4n) is 1.17. The van der Waals surface area contributed by atoms with Gasteiger partial charge in [-0.2, -0.15) is 0 Å². The van der Waals surface area contributed by atoms with E-state index in [1.54, 1.807) is 6.07 Å². The summed E-state index contributed by atoms with van der Waals surface area (Å²) in [5, 5.41) is 8.71. The number of carboxylic acid groups (broad SMARTS) is 1. The van der Waals surface area contributed by atoms with Gasteiger partial charge in [0.15, 0.2) is 5.78 Å². The Morgan fingerprint density at radius 1 is 1.41 bits per heavy atom. The van der Waals surface area contributed by atoms with Gasteiger partial charge >= 0.3 is 5.97 Å². The first-order chi connectivity index (χ1) is 8.04. The summed E-state index contributed by atoms with van der Waals surface area (Å²) in [7, 11) is 0. The lowest BCUT2D eigenvalue weighted by atomic mass is 10.1. The molecule has 0 aliphatic carbocycles. The number of hydrogen-bond donors (Lipinski definition) is 1. The number of ketones is 1. The molecule has 0 saturated carbocycles. The van der Waals surface area contributed by atoms with Crippen LogP contribution in [0.3, 0.4) is 0 Å². The molecule has 0 radical (unpaired) electrons. The van der Waals surface area contributed by atoms with E-state index in [2.05, 4.69) is 0 Å². The number of allylic oxidation sites excluding steroid dienone is 1. The molecule has 90 valence electrons. The summed E-state index contributed by atoms with van der Waals surface area (Å²) in [6.07, 6.45) is 1.76. The highest BCUT2D eigenvalue weighted by molar-refractivity contribution is 6.32. The fourth-order valence-corrected chi connectivity index (χ4v) is 1.40. The Bertz CT molecular complexity index is 466. The predicted molar refractivity (Wildman–Crippen MR) is 63.7 cm³/mol.